The van der Waals surface area contributed by atoms with Gasteiger partial charge in [-0.15, -0.1) is 0 Å². The lowest BCUT2D eigenvalue weighted by molar-refractivity contribution is 0.358. The Balaban J connectivity index is 2.10. The number of hydrogen-bond acceptors (Lipinski definition) is 4. The molecule has 0 radical (unpaired) electrons. The average molecular weight is 231 g/mol. The minimum atomic E-state index is 0.488. The highest BCUT2D eigenvalue weighted by molar-refractivity contribution is 5.81. The van der Waals surface area contributed by atoms with E-state index in [9.17, 15) is 0 Å². The first-order valence-corrected chi connectivity index (χ1v) is 6.22. The quantitative estimate of drug-likeness (QED) is 0.817. The number of nitrogens with zero attached hydrogens (tertiary/aromatic N) is 4. The predicted octanol–water partition coefficient (Wildman–Crippen LogP) is 2.22. The zero-order valence-electron chi connectivity index (χ0n) is 10.1. The Bertz CT molecular complexity index is 539. The van der Waals surface area contributed by atoms with Crippen LogP contribution in [0.2, 0.25) is 0 Å². The van der Waals surface area contributed by atoms with Gasteiger partial charge in [0.1, 0.15) is 11.3 Å². The molecule has 1 aliphatic rings. The number of rotatable bonds is 1. The van der Waals surface area contributed by atoms with Crippen LogP contribution in [0.3, 0.4) is 0 Å². The lowest BCUT2D eigenvalue weighted by atomic mass is 9.95. The first-order valence-electron chi connectivity index (χ1n) is 6.22. The summed E-state index contributed by atoms with van der Waals surface area (Å²) in [6.45, 7) is 1.87. The molecule has 0 saturated heterocycles. The van der Waals surface area contributed by atoms with Crippen LogP contribution in [0.1, 0.15) is 44.0 Å². The predicted molar refractivity (Wildman–Crippen MR) is 66.6 cm³/mol. The van der Waals surface area contributed by atoms with Crippen LogP contribution in [0.5, 0.6) is 0 Å². The van der Waals surface area contributed by atoms with Gasteiger partial charge in [-0.3, -0.25) is 0 Å². The van der Waals surface area contributed by atoms with E-state index in [4.69, 9.17) is 5.73 Å². The minimum Gasteiger partial charge on any atom is -0.382 e. The molecule has 0 aromatic carbocycles. The van der Waals surface area contributed by atoms with Gasteiger partial charge in [0.2, 0.25) is 0 Å². The van der Waals surface area contributed by atoms with Crippen molar-refractivity contribution in [1.29, 1.82) is 0 Å². The summed E-state index contributed by atoms with van der Waals surface area (Å²) < 4.78 is 2.18. The van der Waals surface area contributed by atoms with Gasteiger partial charge in [-0.2, -0.15) is 0 Å². The summed E-state index contributed by atoms with van der Waals surface area (Å²) in [4.78, 5) is 13.0. The second-order valence-corrected chi connectivity index (χ2v) is 4.77. The number of anilines is 1. The summed E-state index contributed by atoms with van der Waals surface area (Å²) in [5.74, 6) is 1.20. The van der Waals surface area contributed by atoms with Gasteiger partial charge in [-0.1, -0.05) is 19.3 Å². The molecule has 5 nitrogen and oxygen atoms in total. The van der Waals surface area contributed by atoms with Crippen LogP contribution in [0.15, 0.2) is 6.33 Å². The zero-order valence-corrected chi connectivity index (χ0v) is 10.1. The van der Waals surface area contributed by atoms with Crippen LogP contribution in [-0.2, 0) is 0 Å². The van der Waals surface area contributed by atoms with Crippen LogP contribution in [0, 0.1) is 6.92 Å². The topological polar surface area (TPSA) is 69.6 Å². The van der Waals surface area contributed by atoms with E-state index in [1.807, 2.05) is 13.3 Å². The molecule has 2 N–H and O–H groups in total. The van der Waals surface area contributed by atoms with E-state index >= 15 is 0 Å². The normalized spacial score (nSPS) is 17.7. The standard InChI is InChI=1S/C12H17N5/c1-8-15-11(13)10-12(16-8)17(7-14-10)9-5-3-2-4-6-9/h7,9H,2-6H2,1H3,(H2,13,15,16). The summed E-state index contributed by atoms with van der Waals surface area (Å²) >= 11 is 0. The largest absolute Gasteiger partial charge is 0.382 e. The molecular formula is C12H17N5. The van der Waals surface area contributed by atoms with Gasteiger partial charge in [-0.05, 0) is 19.8 Å². The molecule has 5 heteroatoms. The van der Waals surface area contributed by atoms with Gasteiger partial charge in [0.05, 0.1) is 6.33 Å². The molecule has 2 aromatic rings. The highest BCUT2D eigenvalue weighted by Crippen LogP contribution is 2.30. The van der Waals surface area contributed by atoms with E-state index in [1.54, 1.807) is 0 Å². The maximum absolute atomic E-state index is 5.87. The summed E-state index contributed by atoms with van der Waals surface area (Å²) in [6.07, 6.45) is 8.24. The number of fused-ring (bicyclic) bond motifs is 1. The molecule has 0 aliphatic heterocycles. The van der Waals surface area contributed by atoms with Gasteiger partial charge in [-0.25, -0.2) is 15.0 Å². The lowest BCUT2D eigenvalue weighted by Crippen LogP contribution is -2.12. The Morgan fingerprint density at radius 1 is 1.24 bits per heavy atom. The van der Waals surface area contributed by atoms with E-state index in [0.717, 1.165) is 11.2 Å². The molecule has 0 spiro atoms. The molecule has 1 aliphatic carbocycles. The molecule has 0 amide bonds. The molecule has 2 aromatic heterocycles. The maximum atomic E-state index is 5.87. The van der Waals surface area contributed by atoms with E-state index in [0.29, 0.717) is 17.7 Å². The number of nitrogens with two attached hydrogens (primary N) is 1. The number of hydrogen-bond donors (Lipinski definition) is 1. The van der Waals surface area contributed by atoms with Crippen molar-refractivity contribution < 1.29 is 0 Å². The molecule has 1 fully saturated rings. The summed E-state index contributed by atoms with van der Waals surface area (Å²) in [5, 5.41) is 0. The highest BCUT2D eigenvalue weighted by Gasteiger charge is 2.19. The third-order valence-corrected chi connectivity index (χ3v) is 3.53. The van der Waals surface area contributed by atoms with Crippen LogP contribution in [0.4, 0.5) is 5.82 Å². The van der Waals surface area contributed by atoms with Crippen LogP contribution >= 0.6 is 0 Å². The second-order valence-electron chi connectivity index (χ2n) is 4.77. The van der Waals surface area contributed by atoms with Crippen molar-refractivity contribution in [2.75, 3.05) is 5.73 Å². The number of nitrogen functional groups attached to an aromatic ring is 1. The Morgan fingerprint density at radius 3 is 2.76 bits per heavy atom. The SMILES string of the molecule is Cc1nc(N)c2ncn(C3CCCCC3)c2n1. The van der Waals surface area contributed by atoms with Crippen LogP contribution < -0.4 is 5.73 Å². The van der Waals surface area contributed by atoms with Crippen molar-refractivity contribution >= 4 is 17.0 Å². The van der Waals surface area contributed by atoms with Crippen LogP contribution in [0.25, 0.3) is 11.2 Å². The van der Waals surface area contributed by atoms with Gasteiger partial charge in [0, 0.05) is 6.04 Å². The van der Waals surface area contributed by atoms with E-state index in [1.165, 1.54) is 32.1 Å². The summed E-state index contributed by atoms with van der Waals surface area (Å²) in [6, 6.07) is 0.530. The van der Waals surface area contributed by atoms with Crippen molar-refractivity contribution in [3.63, 3.8) is 0 Å². The third-order valence-electron chi connectivity index (χ3n) is 3.53. The summed E-state index contributed by atoms with van der Waals surface area (Å²) in [5.41, 5.74) is 7.50. The van der Waals surface area contributed by atoms with E-state index in [2.05, 4.69) is 19.5 Å². The van der Waals surface area contributed by atoms with E-state index < -0.39 is 0 Å². The van der Waals surface area contributed by atoms with Gasteiger partial charge < -0.3 is 10.3 Å². The molecule has 2 heterocycles. The smallest absolute Gasteiger partial charge is 0.166 e. The van der Waals surface area contributed by atoms with Crippen molar-refractivity contribution in [1.82, 2.24) is 19.5 Å². The zero-order chi connectivity index (χ0) is 11.8. The van der Waals surface area contributed by atoms with Crippen LogP contribution in [-0.4, -0.2) is 19.5 Å². The number of imidazole rings is 1. The first kappa shape index (κ1) is 10.5. The molecule has 3 rings (SSSR count). The number of aromatic nitrogens is 4. The molecular weight excluding hydrogens is 214 g/mol. The molecule has 1 saturated carbocycles. The fourth-order valence-corrected chi connectivity index (χ4v) is 2.68. The summed E-state index contributed by atoms with van der Waals surface area (Å²) in [7, 11) is 0. The minimum absolute atomic E-state index is 0.488. The Morgan fingerprint density at radius 2 is 2.00 bits per heavy atom. The number of aryl methyl sites for hydroxylation is 1. The van der Waals surface area contributed by atoms with E-state index in [-0.39, 0.29) is 0 Å². The third kappa shape index (κ3) is 1.75. The van der Waals surface area contributed by atoms with Crippen molar-refractivity contribution in [2.24, 2.45) is 0 Å². The second kappa shape index (κ2) is 3.98. The van der Waals surface area contributed by atoms with Gasteiger partial charge in [0.25, 0.3) is 0 Å². The molecule has 0 atom stereocenters. The highest BCUT2D eigenvalue weighted by atomic mass is 15.2. The first-order chi connectivity index (χ1) is 8.25. The maximum Gasteiger partial charge on any atom is 0.166 e. The molecule has 90 valence electrons. The molecule has 0 unspecified atom stereocenters. The fourth-order valence-electron chi connectivity index (χ4n) is 2.68. The average Bonchev–Trinajstić information content (AvgIpc) is 2.74. The van der Waals surface area contributed by atoms with Crippen molar-refractivity contribution in [2.45, 2.75) is 45.1 Å². The lowest BCUT2D eigenvalue weighted by Gasteiger charge is -2.23. The molecule has 0 bridgehead atoms. The fraction of sp³-hybridized carbons (Fsp3) is 0.583. The molecule has 17 heavy (non-hydrogen) atoms. The Hall–Kier alpha value is -1.65. The Kier molecular flexibility index (Phi) is 2.46. The monoisotopic (exact) mass is 231 g/mol. The Labute approximate surface area is 100 Å². The van der Waals surface area contributed by atoms with Crippen molar-refractivity contribution in [3.8, 4) is 0 Å². The van der Waals surface area contributed by atoms with Crippen molar-refractivity contribution in [3.05, 3.63) is 12.2 Å². The van der Waals surface area contributed by atoms with Gasteiger partial charge >= 0.3 is 0 Å². The van der Waals surface area contributed by atoms with Gasteiger partial charge in [0.15, 0.2) is 11.5 Å².